The van der Waals surface area contributed by atoms with Gasteiger partial charge in [0.05, 0.1) is 15.0 Å². The summed E-state index contributed by atoms with van der Waals surface area (Å²) in [6.07, 6.45) is 0. The van der Waals surface area contributed by atoms with Crippen molar-refractivity contribution in [1.82, 2.24) is 20.0 Å². The molecule has 0 aromatic rings. The van der Waals surface area contributed by atoms with Crippen LogP contribution in [0.25, 0.3) is 0 Å². The Morgan fingerprint density at radius 2 is 1.67 bits per heavy atom. The van der Waals surface area contributed by atoms with E-state index in [1.807, 2.05) is 14.0 Å². The van der Waals surface area contributed by atoms with E-state index in [1.165, 1.54) is 0 Å². The third kappa shape index (κ3) is 14.4. The summed E-state index contributed by atoms with van der Waals surface area (Å²) in [7, 11) is 15.1. The second-order valence-electron chi connectivity index (χ2n) is 5.80. The van der Waals surface area contributed by atoms with Crippen molar-refractivity contribution in [2.75, 3.05) is 33.2 Å². The Balaban J connectivity index is 4.69. The highest BCUT2D eigenvalue weighted by atomic mass is 32.6. The molecule has 7 nitrogen and oxygen atoms in total. The van der Waals surface area contributed by atoms with Gasteiger partial charge < -0.3 is 15.2 Å². The van der Waals surface area contributed by atoms with Crippen LogP contribution in [-0.2, 0) is 14.1 Å². The van der Waals surface area contributed by atoms with Crippen molar-refractivity contribution in [3.05, 3.63) is 0 Å². The lowest BCUT2D eigenvalue weighted by atomic mass is 10.3. The average molecular weight is 548 g/mol. The number of hydrogen-bond donors (Lipinski definition) is 2. The van der Waals surface area contributed by atoms with Gasteiger partial charge >= 0.3 is 5.97 Å². The summed E-state index contributed by atoms with van der Waals surface area (Å²) >= 11 is 0. The van der Waals surface area contributed by atoms with Crippen LogP contribution in [0, 0.1) is 0 Å². The number of amides is 1. The second kappa shape index (κ2) is 17.3. The van der Waals surface area contributed by atoms with Crippen LogP contribution in [-0.4, -0.2) is 66.5 Å². The van der Waals surface area contributed by atoms with E-state index in [2.05, 4.69) is 71.5 Å². The second-order valence-corrected chi connectivity index (χ2v) is 22.2. The first-order valence-corrected chi connectivity index (χ1v) is 21.9. The molecule has 2 N–H and O–H groups in total. The fourth-order valence-electron chi connectivity index (χ4n) is 2.05. The van der Waals surface area contributed by atoms with Crippen LogP contribution in [0.3, 0.4) is 0 Å². The fraction of sp³-hybridized carbons (Fsp3) is 0.818. The lowest BCUT2D eigenvalue weighted by Crippen LogP contribution is -2.45. The lowest BCUT2D eigenvalue weighted by Gasteiger charge is -2.31. The van der Waals surface area contributed by atoms with E-state index in [1.54, 1.807) is 0 Å². The molecule has 0 saturated heterocycles. The molecule has 0 aliphatic rings. The molecule has 0 rings (SSSR count). The molecule has 16 heteroatoms. The molecule has 10 unspecified atom stereocenters. The molecular weight excluding hydrogens is 515 g/mol. The van der Waals surface area contributed by atoms with Gasteiger partial charge in [0.25, 0.3) is 0 Å². The molecular formula is C11H33N4O3P9. The third-order valence-corrected chi connectivity index (χ3v) is 17.3. The predicted molar refractivity (Wildman–Crippen MR) is 144 cm³/mol. The van der Waals surface area contributed by atoms with Gasteiger partial charge in [-0.1, -0.05) is 43.7 Å². The van der Waals surface area contributed by atoms with Gasteiger partial charge in [0.15, 0.2) is 0 Å². The van der Waals surface area contributed by atoms with Crippen molar-refractivity contribution < 1.29 is 14.1 Å². The number of nitrogens with zero attached hydrogens (tertiary/aromatic N) is 2. The van der Waals surface area contributed by atoms with Gasteiger partial charge in [-0.3, -0.25) is 18.9 Å². The third-order valence-electron chi connectivity index (χ3n) is 3.44. The van der Waals surface area contributed by atoms with Gasteiger partial charge in [-0.15, -0.1) is 8.93 Å². The summed E-state index contributed by atoms with van der Waals surface area (Å²) in [5.74, 6) is -0.234. The topological polar surface area (TPSA) is 73.9 Å². The standard InChI is InChI=1S/C11H33N4O3P9/c1-8(12-3)4-14(26(21)22)6-10(16)13-9(2)5-15(27(23)25-20)7-11(17)18-24-19/h8-9,12,24-25H,4-7,19-23H2,1-3H3,(H,13,16). The fourth-order valence-corrected chi connectivity index (χ4v) is 8.22. The first kappa shape index (κ1) is 29.7. The van der Waals surface area contributed by atoms with E-state index in [9.17, 15) is 9.59 Å². The minimum Gasteiger partial charge on any atom is -0.443 e. The number of nitrogens with one attached hydrogen (secondary N) is 2. The number of carbonyl (C=O) groups is 2. The van der Waals surface area contributed by atoms with Crippen molar-refractivity contribution in [2.24, 2.45) is 0 Å². The summed E-state index contributed by atoms with van der Waals surface area (Å²) < 4.78 is 9.30. The van der Waals surface area contributed by atoms with Gasteiger partial charge in [0.1, 0.15) is 6.54 Å². The average Bonchev–Trinajstić information content (AvgIpc) is 2.59. The highest BCUT2D eigenvalue weighted by molar-refractivity contribution is 8.60. The summed E-state index contributed by atoms with van der Waals surface area (Å²) in [6, 6.07) is 0.253. The maximum Gasteiger partial charge on any atom is 0.323 e. The largest absolute Gasteiger partial charge is 0.443 e. The van der Waals surface area contributed by atoms with Crippen LogP contribution in [0.2, 0.25) is 0 Å². The maximum absolute atomic E-state index is 12.5. The monoisotopic (exact) mass is 548 g/mol. The van der Waals surface area contributed by atoms with Gasteiger partial charge in [-0.05, 0) is 20.9 Å². The highest BCUT2D eigenvalue weighted by Gasteiger charge is 2.22. The van der Waals surface area contributed by atoms with Crippen LogP contribution in [0.1, 0.15) is 13.8 Å². The zero-order valence-electron chi connectivity index (χ0n) is 15.9. The molecule has 0 aromatic heterocycles. The summed E-state index contributed by atoms with van der Waals surface area (Å²) in [5.41, 5.74) is 0. The first-order valence-electron chi connectivity index (χ1n) is 8.06. The van der Waals surface area contributed by atoms with Gasteiger partial charge in [0, 0.05) is 40.1 Å². The minimum absolute atomic E-state index is 0.00132. The smallest absolute Gasteiger partial charge is 0.323 e. The number of likely N-dealkylation sites (N-methyl/N-ethyl adjacent to an activating group) is 1. The molecule has 0 aromatic carbocycles. The Morgan fingerprint density at radius 1 is 1.07 bits per heavy atom. The van der Waals surface area contributed by atoms with Gasteiger partial charge in [-0.2, -0.15) is 0 Å². The molecule has 1 amide bonds. The molecule has 0 aliphatic carbocycles. The highest BCUT2D eigenvalue weighted by Crippen LogP contribution is 2.68. The molecule has 10 atom stereocenters. The molecule has 0 heterocycles. The van der Waals surface area contributed by atoms with Crippen LogP contribution in [0.5, 0.6) is 0 Å². The van der Waals surface area contributed by atoms with Gasteiger partial charge in [-0.25, -0.2) is 0 Å². The van der Waals surface area contributed by atoms with Crippen molar-refractivity contribution in [1.29, 1.82) is 0 Å². The van der Waals surface area contributed by atoms with Crippen LogP contribution < -0.4 is 10.6 Å². The molecule has 0 bridgehead atoms. The van der Waals surface area contributed by atoms with Crippen molar-refractivity contribution >= 4 is 87.9 Å². The van der Waals surface area contributed by atoms with Crippen LogP contribution in [0.15, 0.2) is 0 Å². The van der Waals surface area contributed by atoms with Crippen LogP contribution >= 0.6 is 76.0 Å². The minimum atomic E-state index is -0.521. The van der Waals surface area contributed by atoms with E-state index in [-0.39, 0.29) is 33.0 Å². The first-order chi connectivity index (χ1) is 12.6. The Hall–Kier alpha value is 2.69. The number of hydrogen-bond acceptors (Lipinski definition) is 6. The Kier molecular flexibility index (Phi) is 19.0. The van der Waals surface area contributed by atoms with E-state index in [0.717, 1.165) is 6.54 Å². The molecule has 0 spiro atoms. The van der Waals surface area contributed by atoms with Crippen molar-refractivity contribution in [3.63, 3.8) is 0 Å². The Morgan fingerprint density at radius 3 is 2.15 bits per heavy atom. The Labute approximate surface area is 180 Å². The normalized spacial score (nSPS) is 16.0. The summed E-state index contributed by atoms with van der Waals surface area (Å²) in [4.78, 5) is 24.3. The van der Waals surface area contributed by atoms with Crippen molar-refractivity contribution in [2.45, 2.75) is 25.9 Å². The summed E-state index contributed by atoms with van der Waals surface area (Å²) in [6.45, 7) is 6.08. The zero-order valence-corrected chi connectivity index (χ0v) is 25.4. The zero-order chi connectivity index (χ0) is 21.0. The van der Waals surface area contributed by atoms with Crippen molar-refractivity contribution in [3.8, 4) is 0 Å². The van der Waals surface area contributed by atoms with Gasteiger partial charge in [0.2, 0.25) is 5.91 Å². The molecule has 27 heavy (non-hydrogen) atoms. The molecule has 0 saturated carbocycles. The van der Waals surface area contributed by atoms with Crippen LogP contribution in [0.4, 0.5) is 0 Å². The quantitative estimate of drug-likeness (QED) is 0.325. The van der Waals surface area contributed by atoms with E-state index in [4.69, 9.17) is 4.52 Å². The predicted octanol–water partition coefficient (Wildman–Crippen LogP) is 3.18. The SMILES string of the molecule is CNC(C)CN(CC(=O)NC(C)CN(CC(=O)OPP)P(P)PP)P(P)P. The number of carbonyl (C=O) groups excluding carboxylic acids is 2. The molecule has 0 aliphatic heterocycles. The summed E-state index contributed by atoms with van der Waals surface area (Å²) in [5, 5.41) is 6.27. The Bertz CT molecular complexity index is 451. The maximum atomic E-state index is 12.5. The van der Waals surface area contributed by atoms with E-state index in [0.29, 0.717) is 27.1 Å². The molecule has 160 valence electrons. The molecule has 0 radical (unpaired) electrons. The molecule has 0 fully saturated rings. The lowest BCUT2D eigenvalue weighted by molar-refractivity contribution is -0.133. The van der Waals surface area contributed by atoms with E-state index >= 15 is 0 Å². The van der Waals surface area contributed by atoms with E-state index < -0.39 is 14.9 Å². The number of rotatable bonds is 14.